The highest BCUT2D eigenvalue weighted by Gasteiger charge is 2.49. The summed E-state index contributed by atoms with van der Waals surface area (Å²) in [6, 6.07) is 0.469. The molecule has 0 saturated heterocycles. The fourth-order valence-electron chi connectivity index (χ4n) is 3.77. The minimum Gasteiger partial charge on any atom is -0.343 e. The number of nitrogens with zero attached hydrogens (tertiary/aromatic N) is 1. The Morgan fingerprint density at radius 1 is 1.41 bits per heavy atom. The number of rotatable bonds is 4. The average Bonchev–Trinajstić information content (AvgIpc) is 2.88. The van der Waals surface area contributed by atoms with E-state index < -0.39 is 0 Å². The normalized spacial score (nSPS) is 37.2. The van der Waals surface area contributed by atoms with Gasteiger partial charge >= 0.3 is 0 Å². The van der Waals surface area contributed by atoms with Crippen molar-refractivity contribution < 1.29 is 4.79 Å². The molecule has 0 spiro atoms. The monoisotopic (exact) mass is 238 g/mol. The minimum atomic E-state index is 0.109. The number of hydrogen-bond donors (Lipinski definition) is 1. The van der Waals surface area contributed by atoms with Gasteiger partial charge in [0.2, 0.25) is 5.91 Å². The van der Waals surface area contributed by atoms with Crippen molar-refractivity contribution >= 4 is 5.91 Å². The van der Waals surface area contributed by atoms with Gasteiger partial charge in [0.15, 0.2) is 0 Å². The third-order valence-corrected chi connectivity index (χ3v) is 4.98. The lowest BCUT2D eigenvalue weighted by molar-refractivity contribution is -0.138. The predicted molar refractivity (Wildman–Crippen MR) is 69.4 cm³/mol. The first-order chi connectivity index (χ1) is 8.06. The van der Waals surface area contributed by atoms with E-state index in [0.717, 1.165) is 12.8 Å². The van der Waals surface area contributed by atoms with Gasteiger partial charge in [-0.05, 0) is 44.4 Å². The van der Waals surface area contributed by atoms with Gasteiger partial charge in [-0.1, -0.05) is 13.3 Å². The van der Waals surface area contributed by atoms with Gasteiger partial charge in [0.1, 0.15) is 0 Å². The molecule has 0 radical (unpaired) electrons. The van der Waals surface area contributed by atoms with Crippen LogP contribution in [0.2, 0.25) is 0 Å². The highest BCUT2D eigenvalue weighted by atomic mass is 16.2. The zero-order valence-electron chi connectivity index (χ0n) is 11.4. The lowest BCUT2D eigenvalue weighted by Crippen LogP contribution is -2.48. The maximum atomic E-state index is 12.5. The summed E-state index contributed by atoms with van der Waals surface area (Å²) in [5, 5.41) is 0. The van der Waals surface area contributed by atoms with Crippen LogP contribution in [-0.2, 0) is 4.79 Å². The molecular formula is C14H26N2O. The topological polar surface area (TPSA) is 46.3 Å². The second-order valence-electron chi connectivity index (χ2n) is 6.02. The van der Waals surface area contributed by atoms with Crippen LogP contribution in [0.3, 0.4) is 0 Å². The highest BCUT2D eigenvalue weighted by molar-refractivity contribution is 5.80. The molecule has 2 bridgehead atoms. The molecule has 0 aromatic carbocycles. The molecule has 0 heterocycles. The first kappa shape index (κ1) is 12.9. The number of amides is 1. The second-order valence-corrected chi connectivity index (χ2v) is 6.02. The van der Waals surface area contributed by atoms with E-state index in [1.54, 1.807) is 0 Å². The SMILES string of the molecule is CCCC(C)N(C)C(=O)C1C2CCC(C2)C1N. The van der Waals surface area contributed by atoms with E-state index in [2.05, 4.69) is 13.8 Å². The fraction of sp³-hybridized carbons (Fsp3) is 0.929. The van der Waals surface area contributed by atoms with Gasteiger partial charge in [0.05, 0.1) is 5.92 Å². The molecule has 0 aromatic heterocycles. The maximum absolute atomic E-state index is 12.5. The maximum Gasteiger partial charge on any atom is 0.227 e. The van der Waals surface area contributed by atoms with E-state index in [-0.39, 0.29) is 12.0 Å². The Morgan fingerprint density at radius 2 is 2.06 bits per heavy atom. The lowest BCUT2D eigenvalue weighted by atomic mass is 9.84. The van der Waals surface area contributed by atoms with Crippen LogP contribution in [0, 0.1) is 17.8 Å². The van der Waals surface area contributed by atoms with Gasteiger partial charge in [-0.15, -0.1) is 0 Å². The molecule has 2 aliphatic rings. The first-order valence-electron chi connectivity index (χ1n) is 7.08. The summed E-state index contributed by atoms with van der Waals surface area (Å²) in [4.78, 5) is 14.4. The molecule has 2 saturated carbocycles. The Bertz CT molecular complexity index is 290. The van der Waals surface area contributed by atoms with Crippen molar-refractivity contribution in [2.75, 3.05) is 7.05 Å². The summed E-state index contributed by atoms with van der Waals surface area (Å²) < 4.78 is 0. The van der Waals surface area contributed by atoms with Crippen LogP contribution in [0.25, 0.3) is 0 Å². The van der Waals surface area contributed by atoms with Crippen molar-refractivity contribution in [1.29, 1.82) is 0 Å². The van der Waals surface area contributed by atoms with E-state index in [1.807, 2.05) is 11.9 Å². The smallest absolute Gasteiger partial charge is 0.227 e. The molecule has 2 rings (SSSR count). The van der Waals surface area contributed by atoms with Crippen LogP contribution in [0.15, 0.2) is 0 Å². The molecule has 1 amide bonds. The molecule has 0 aromatic rings. The summed E-state index contributed by atoms with van der Waals surface area (Å²) in [7, 11) is 1.95. The number of carbonyl (C=O) groups is 1. The third kappa shape index (κ3) is 2.22. The first-order valence-corrected chi connectivity index (χ1v) is 7.08. The van der Waals surface area contributed by atoms with Crippen molar-refractivity contribution in [2.45, 2.75) is 58.0 Å². The van der Waals surface area contributed by atoms with Crippen molar-refractivity contribution in [1.82, 2.24) is 4.90 Å². The molecular weight excluding hydrogens is 212 g/mol. The largest absolute Gasteiger partial charge is 0.343 e. The average molecular weight is 238 g/mol. The number of fused-ring (bicyclic) bond motifs is 2. The van der Waals surface area contributed by atoms with Crippen molar-refractivity contribution in [3.05, 3.63) is 0 Å². The molecule has 2 aliphatic carbocycles. The summed E-state index contributed by atoms with van der Waals surface area (Å²) >= 11 is 0. The summed E-state index contributed by atoms with van der Waals surface area (Å²) in [6.45, 7) is 4.30. The van der Waals surface area contributed by atoms with E-state index in [4.69, 9.17) is 5.73 Å². The van der Waals surface area contributed by atoms with E-state index >= 15 is 0 Å². The van der Waals surface area contributed by atoms with Crippen LogP contribution in [0.5, 0.6) is 0 Å². The van der Waals surface area contributed by atoms with Crippen molar-refractivity contribution in [3.63, 3.8) is 0 Å². The summed E-state index contributed by atoms with van der Waals surface area (Å²) in [5.74, 6) is 1.59. The molecule has 5 atom stereocenters. The van der Waals surface area contributed by atoms with Crippen LogP contribution in [-0.4, -0.2) is 29.9 Å². The number of nitrogens with two attached hydrogens (primary N) is 1. The Kier molecular flexibility index (Phi) is 3.76. The highest BCUT2D eigenvalue weighted by Crippen LogP contribution is 2.48. The number of hydrogen-bond acceptors (Lipinski definition) is 2. The molecule has 3 nitrogen and oxygen atoms in total. The van der Waals surface area contributed by atoms with Gasteiger partial charge < -0.3 is 10.6 Å². The van der Waals surface area contributed by atoms with Gasteiger partial charge in [-0.25, -0.2) is 0 Å². The van der Waals surface area contributed by atoms with Gasteiger partial charge in [-0.3, -0.25) is 4.79 Å². The molecule has 98 valence electrons. The van der Waals surface area contributed by atoms with Crippen molar-refractivity contribution in [3.8, 4) is 0 Å². The summed E-state index contributed by atoms with van der Waals surface area (Å²) in [6.07, 6.45) is 5.85. The lowest BCUT2D eigenvalue weighted by Gasteiger charge is -2.33. The fourth-order valence-corrected chi connectivity index (χ4v) is 3.77. The Labute approximate surface area is 105 Å². The van der Waals surface area contributed by atoms with E-state index in [1.165, 1.54) is 19.3 Å². The van der Waals surface area contributed by atoms with Crippen LogP contribution in [0.1, 0.15) is 46.0 Å². The zero-order valence-corrected chi connectivity index (χ0v) is 11.4. The quantitative estimate of drug-likeness (QED) is 0.814. The summed E-state index contributed by atoms with van der Waals surface area (Å²) in [5.41, 5.74) is 6.23. The molecule has 2 fully saturated rings. The van der Waals surface area contributed by atoms with E-state index in [9.17, 15) is 4.79 Å². The van der Waals surface area contributed by atoms with E-state index in [0.29, 0.717) is 23.8 Å². The van der Waals surface area contributed by atoms with Crippen LogP contribution >= 0.6 is 0 Å². The predicted octanol–water partition coefficient (Wildman–Crippen LogP) is 2.01. The van der Waals surface area contributed by atoms with Gasteiger partial charge in [0.25, 0.3) is 0 Å². The minimum absolute atomic E-state index is 0.109. The van der Waals surface area contributed by atoms with Crippen LogP contribution < -0.4 is 5.73 Å². The molecule has 3 heteroatoms. The van der Waals surface area contributed by atoms with Gasteiger partial charge in [-0.2, -0.15) is 0 Å². The zero-order chi connectivity index (χ0) is 12.6. The Morgan fingerprint density at radius 3 is 2.59 bits per heavy atom. The molecule has 17 heavy (non-hydrogen) atoms. The standard InChI is InChI=1S/C14H26N2O/c1-4-5-9(2)16(3)14(17)12-10-6-7-11(8-10)13(12)15/h9-13H,4-8,15H2,1-3H3. The molecule has 2 N–H and O–H groups in total. The van der Waals surface area contributed by atoms with Crippen molar-refractivity contribution in [2.24, 2.45) is 23.5 Å². The Balaban J connectivity index is 2.00. The van der Waals surface area contributed by atoms with Crippen LogP contribution in [0.4, 0.5) is 0 Å². The number of carbonyl (C=O) groups excluding carboxylic acids is 1. The second kappa shape index (κ2) is 4.97. The molecule has 0 aliphatic heterocycles. The van der Waals surface area contributed by atoms with Gasteiger partial charge in [0, 0.05) is 19.1 Å². The Hall–Kier alpha value is -0.570. The third-order valence-electron chi connectivity index (χ3n) is 4.98. The molecule has 5 unspecified atom stereocenters.